The number of thiophene rings is 1. The number of hydrogen-bond acceptors (Lipinski definition) is 2. The van der Waals surface area contributed by atoms with Gasteiger partial charge < -0.3 is 5.32 Å². The summed E-state index contributed by atoms with van der Waals surface area (Å²) in [6.07, 6.45) is 5.60. The van der Waals surface area contributed by atoms with Gasteiger partial charge >= 0.3 is 0 Å². The highest BCUT2D eigenvalue weighted by atomic mass is 32.1. The van der Waals surface area contributed by atoms with Crippen molar-refractivity contribution in [3.05, 3.63) is 21.9 Å². The van der Waals surface area contributed by atoms with E-state index in [9.17, 15) is 0 Å². The van der Waals surface area contributed by atoms with Crippen molar-refractivity contribution < 1.29 is 0 Å². The van der Waals surface area contributed by atoms with Crippen LogP contribution in [0.3, 0.4) is 0 Å². The lowest BCUT2D eigenvalue weighted by molar-refractivity contribution is 0.468. The molecule has 16 heavy (non-hydrogen) atoms. The van der Waals surface area contributed by atoms with Crippen LogP contribution in [0.15, 0.2) is 11.4 Å². The number of rotatable bonds is 3. The quantitative estimate of drug-likeness (QED) is 0.847. The molecule has 1 fully saturated rings. The van der Waals surface area contributed by atoms with Crippen LogP contribution in [-0.2, 0) is 11.8 Å². The number of fused-ring (bicyclic) bond motifs is 2. The Balaban J connectivity index is 1.74. The van der Waals surface area contributed by atoms with Crippen LogP contribution in [-0.4, -0.2) is 12.6 Å². The number of aryl methyl sites for hydroxylation is 1. The van der Waals surface area contributed by atoms with Gasteiger partial charge in [-0.3, -0.25) is 0 Å². The van der Waals surface area contributed by atoms with E-state index in [1.807, 2.05) is 11.3 Å². The van der Waals surface area contributed by atoms with Crippen molar-refractivity contribution >= 4 is 11.3 Å². The van der Waals surface area contributed by atoms with Gasteiger partial charge in [-0.25, -0.2) is 0 Å². The molecule has 1 N–H and O–H groups in total. The first-order valence-corrected chi connectivity index (χ1v) is 7.40. The van der Waals surface area contributed by atoms with Crippen molar-refractivity contribution in [1.82, 2.24) is 5.32 Å². The minimum atomic E-state index is 0.593. The summed E-state index contributed by atoms with van der Waals surface area (Å²) in [4.78, 5) is 1.68. The van der Waals surface area contributed by atoms with Gasteiger partial charge in [-0.1, -0.05) is 13.8 Å². The fourth-order valence-corrected chi connectivity index (χ4v) is 4.37. The smallest absolute Gasteiger partial charge is 0.00829 e. The summed E-state index contributed by atoms with van der Waals surface area (Å²) >= 11 is 1.97. The molecule has 1 spiro atoms. The molecule has 2 aliphatic rings. The Hall–Kier alpha value is -0.340. The molecule has 1 heterocycles. The summed E-state index contributed by atoms with van der Waals surface area (Å²) in [5, 5.41) is 5.90. The molecule has 0 bridgehead atoms. The molecule has 2 aliphatic carbocycles. The Bertz CT molecular complexity index is 382. The lowest BCUT2D eigenvalue weighted by atomic mass is 9.83. The van der Waals surface area contributed by atoms with Gasteiger partial charge in [0.1, 0.15) is 0 Å². The molecule has 1 saturated carbocycles. The van der Waals surface area contributed by atoms with Gasteiger partial charge in [-0.15, -0.1) is 11.3 Å². The number of nitrogens with one attached hydrogen (secondary N) is 1. The van der Waals surface area contributed by atoms with E-state index in [1.165, 1.54) is 32.2 Å². The molecule has 0 aliphatic heterocycles. The monoisotopic (exact) mass is 235 g/mol. The third kappa shape index (κ3) is 1.63. The molecule has 0 saturated heterocycles. The van der Waals surface area contributed by atoms with Gasteiger partial charge in [0.15, 0.2) is 0 Å². The van der Waals surface area contributed by atoms with Gasteiger partial charge in [0.2, 0.25) is 0 Å². The summed E-state index contributed by atoms with van der Waals surface area (Å²) in [6.45, 7) is 5.70. The second kappa shape index (κ2) is 3.85. The zero-order valence-electron chi connectivity index (χ0n) is 10.3. The third-order valence-electron chi connectivity index (χ3n) is 4.31. The predicted octanol–water partition coefficient (Wildman–Crippen LogP) is 3.34. The van der Waals surface area contributed by atoms with Gasteiger partial charge in [0.25, 0.3) is 0 Å². The van der Waals surface area contributed by atoms with E-state index in [-0.39, 0.29) is 0 Å². The lowest BCUT2D eigenvalue weighted by Crippen LogP contribution is -2.28. The second-order valence-electron chi connectivity index (χ2n) is 5.73. The summed E-state index contributed by atoms with van der Waals surface area (Å²) < 4.78 is 0. The lowest BCUT2D eigenvalue weighted by Gasteiger charge is -2.24. The molecular weight excluding hydrogens is 214 g/mol. The van der Waals surface area contributed by atoms with Crippen LogP contribution in [0.25, 0.3) is 0 Å². The maximum atomic E-state index is 3.61. The van der Waals surface area contributed by atoms with Gasteiger partial charge in [-0.05, 0) is 55.2 Å². The van der Waals surface area contributed by atoms with Crippen molar-refractivity contribution in [2.24, 2.45) is 5.92 Å². The van der Waals surface area contributed by atoms with Gasteiger partial charge in [-0.2, -0.15) is 0 Å². The van der Waals surface area contributed by atoms with Crippen molar-refractivity contribution in [2.45, 2.75) is 51.0 Å². The molecule has 3 rings (SSSR count). The Morgan fingerprint density at radius 1 is 1.56 bits per heavy atom. The molecule has 1 aromatic rings. The first kappa shape index (κ1) is 10.8. The van der Waals surface area contributed by atoms with E-state index >= 15 is 0 Å². The Kier molecular flexibility index (Phi) is 2.60. The maximum absolute atomic E-state index is 3.61. The van der Waals surface area contributed by atoms with Crippen LogP contribution in [0.5, 0.6) is 0 Å². The molecule has 1 aromatic heterocycles. The fourth-order valence-electron chi connectivity index (χ4n) is 3.34. The van der Waals surface area contributed by atoms with Crippen LogP contribution in [0.4, 0.5) is 0 Å². The maximum Gasteiger partial charge on any atom is 0.00829 e. The van der Waals surface area contributed by atoms with E-state index in [4.69, 9.17) is 0 Å². The first-order valence-electron chi connectivity index (χ1n) is 6.52. The molecule has 88 valence electrons. The minimum absolute atomic E-state index is 0.593. The van der Waals surface area contributed by atoms with Crippen molar-refractivity contribution in [3.8, 4) is 0 Å². The Morgan fingerprint density at radius 2 is 2.44 bits per heavy atom. The first-order chi connectivity index (χ1) is 7.72. The minimum Gasteiger partial charge on any atom is -0.314 e. The topological polar surface area (TPSA) is 12.0 Å². The normalized spacial score (nSPS) is 32.1. The second-order valence-corrected chi connectivity index (χ2v) is 6.73. The van der Waals surface area contributed by atoms with Crippen molar-refractivity contribution in [2.75, 3.05) is 6.54 Å². The molecule has 0 aromatic carbocycles. The summed E-state index contributed by atoms with van der Waals surface area (Å²) in [5.74, 6) is 0.906. The van der Waals surface area contributed by atoms with E-state index in [0.29, 0.717) is 11.5 Å². The summed E-state index contributed by atoms with van der Waals surface area (Å²) in [5.41, 5.74) is 2.30. The average Bonchev–Trinajstić information content (AvgIpc) is 2.72. The fraction of sp³-hybridized carbons (Fsp3) is 0.714. The highest BCUT2D eigenvalue weighted by Crippen LogP contribution is 2.60. The predicted molar refractivity (Wildman–Crippen MR) is 70.2 cm³/mol. The van der Waals surface area contributed by atoms with Gasteiger partial charge in [0.05, 0.1) is 0 Å². The molecule has 2 heteroatoms. The molecule has 2 atom stereocenters. The zero-order chi connectivity index (χ0) is 11.2. The Morgan fingerprint density at radius 3 is 3.25 bits per heavy atom. The summed E-state index contributed by atoms with van der Waals surface area (Å²) in [6, 6.07) is 3.03. The SMILES string of the molecule is CC(C)NCC1CC12CCCc1sccc12. The van der Waals surface area contributed by atoms with E-state index in [2.05, 4.69) is 30.6 Å². The van der Waals surface area contributed by atoms with Gasteiger partial charge in [0, 0.05) is 16.3 Å². The Labute approximate surface area is 102 Å². The number of hydrogen-bond donors (Lipinski definition) is 1. The average molecular weight is 235 g/mol. The third-order valence-corrected chi connectivity index (χ3v) is 5.29. The van der Waals surface area contributed by atoms with Crippen LogP contribution in [0, 0.1) is 5.92 Å². The van der Waals surface area contributed by atoms with Crippen molar-refractivity contribution in [1.29, 1.82) is 0 Å². The van der Waals surface area contributed by atoms with E-state index < -0.39 is 0 Å². The van der Waals surface area contributed by atoms with E-state index in [1.54, 1.807) is 10.4 Å². The molecule has 2 unspecified atom stereocenters. The van der Waals surface area contributed by atoms with Crippen LogP contribution >= 0.6 is 11.3 Å². The largest absolute Gasteiger partial charge is 0.314 e. The molecule has 1 nitrogen and oxygen atoms in total. The highest BCUT2D eigenvalue weighted by Gasteiger charge is 2.56. The standard InChI is InChI=1S/C14H21NS/c1-10(2)15-9-11-8-14(11)6-3-4-13-12(14)5-7-16-13/h5,7,10-11,15H,3-4,6,8-9H2,1-2H3. The van der Waals surface area contributed by atoms with Crippen LogP contribution < -0.4 is 5.32 Å². The van der Waals surface area contributed by atoms with E-state index in [0.717, 1.165) is 5.92 Å². The zero-order valence-corrected chi connectivity index (χ0v) is 11.1. The summed E-state index contributed by atoms with van der Waals surface area (Å²) in [7, 11) is 0. The highest BCUT2D eigenvalue weighted by molar-refractivity contribution is 7.10. The molecule has 0 amide bonds. The van der Waals surface area contributed by atoms with Crippen LogP contribution in [0.2, 0.25) is 0 Å². The van der Waals surface area contributed by atoms with Crippen LogP contribution in [0.1, 0.15) is 43.6 Å². The van der Waals surface area contributed by atoms with Crippen molar-refractivity contribution in [3.63, 3.8) is 0 Å². The molecular formula is C14H21NS. The molecule has 0 radical (unpaired) electrons.